The molecule has 0 aromatic heterocycles. The van der Waals surface area contributed by atoms with E-state index in [1.54, 1.807) is 0 Å². The Kier molecular flexibility index (Phi) is 7.56. The fraction of sp³-hybridized carbons (Fsp3) is 0.909. The van der Waals surface area contributed by atoms with Crippen LogP contribution < -0.4 is 0 Å². The summed E-state index contributed by atoms with van der Waals surface area (Å²) in [4.78, 5) is 10.5. The van der Waals surface area contributed by atoms with Gasteiger partial charge < -0.3 is 9.47 Å². The average Bonchev–Trinajstić information content (AvgIpc) is 2.48. The molecule has 0 amide bonds. The van der Waals surface area contributed by atoms with Crippen LogP contribution in [0.4, 0.5) is 66.3 Å². The van der Waals surface area contributed by atoms with Crippen molar-refractivity contribution in [1.82, 2.24) is 0 Å². The van der Waals surface area contributed by atoms with Crippen LogP contribution >= 0.6 is 0 Å². The highest BCUT2D eigenvalue weighted by Gasteiger charge is 2.81. The molecule has 0 radical (unpaired) electrons. The first-order chi connectivity index (χ1) is 12.9. The van der Waals surface area contributed by atoms with Gasteiger partial charge in [-0.1, -0.05) is 0 Å². The number of alkyl halides is 14. The quantitative estimate of drug-likeness (QED) is 0.353. The number of hydrogen-bond acceptors (Lipinski definition) is 5. The van der Waals surface area contributed by atoms with Crippen LogP contribution in [0.15, 0.2) is 0 Å². The van der Waals surface area contributed by atoms with Crippen LogP contribution in [0.1, 0.15) is 6.92 Å². The third-order valence-electron chi connectivity index (χ3n) is 2.77. The zero-order chi connectivity index (χ0) is 24.6. The molecule has 0 spiro atoms. The minimum atomic E-state index is -7.50. The lowest BCUT2D eigenvalue weighted by molar-refractivity contribution is -0.542. The minimum Gasteiger partial charge on any atom is -0.438 e. The first kappa shape index (κ1) is 28.2. The number of carbonyl (C=O) groups excluding carboxylic acids is 1. The molecule has 0 heterocycles. The van der Waals surface area contributed by atoms with Gasteiger partial charge >= 0.3 is 48.4 Å². The Morgan fingerprint density at radius 2 is 1.13 bits per heavy atom. The predicted molar refractivity (Wildman–Crippen MR) is 60.8 cm³/mol. The van der Waals surface area contributed by atoms with Gasteiger partial charge in [-0.25, -0.2) is 4.79 Å². The number of rotatable bonds is 8. The van der Waals surface area contributed by atoms with Gasteiger partial charge in [-0.3, -0.25) is 9.47 Å². The van der Waals surface area contributed by atoms with E-state index in [0.29, 0.717) is 7.11 Å². The van der Waals surface area contributed by atoms with Gasteiger partial charge in [-0.05, 0) is 0 Å². The molecule has 2 atom stereocenters. The first-order valence-electron chi connectivity index (χ1n) is 6.63. The Balaban J connectivity index is 6.32. The van der Waals surface area contributed by atoms with Crippen LogP contribution in [0.3, 0.4) is 0 Å². The molecular weight excluding hydrogens is 478 g/mol. The molecular formula is C11H8F14O5. The molecule has 0 aliphatic carbocycles. The number of methoxy groups -OCH3 is 1. The van der Waals surface area contributed by atoms with Gasteiger partial charge in [0.15, 0.2) is 6.61 Å². The number of carbonyl (C=O) groups is 1. The Labute approximate surface area is 155 Å². The maximum atomic E-state index is 13.8. The fourth-order valence-corrected chi connectivity index (χ4v) is 1.20. The number of ether oxygens (including phenoxy) is 4. The van der Waals surface area contributed by atoms with Crippen molar-refractivity contribution in [3.63, 3.8) is 0 Å². The van der Waals surface area contributed by atoms with Crippen LogP contribution in [-0.4, -0.2) is 62.1 Å². The van der Waals surface area contributed by atoms with Gasteiger partial charge in [-0.2, -0.15) is 61.5 Å². The van der Waals surface area contributed by atoms with E-state index in [9.17, 15) is 66.3 Å². The van der Waals surface area contributed by atoms with Crippen molar-refractivity contribution >= 4 is 6.16 Å². The van der Waals surface area contributed by atoms with Crippen LogP contribution in [0.2, 0.25) is 0 Å². The van der Waals surface area contributed by atoms with E-state index in [-0.39, 0.29) is 0 Å². The van der Waals surface area contributed by atoms with Crippen LogP contribution in [0.5, 0.6) is 0 Å². The van der Waals surface area contributed by atoms with E-state index < -0.39 is 61.9 Å². The van der Waals surface area contributed by atoms with Crippen LogP contribution in [0, 0.1) is 0 Å². The van der Waals surface area contributed by atoms with Crippen molar-refractivity contribution in [1.29, 1.82) is 0 Å². The molecule has 5 nitrogen and oxygen atoms in total. The average molecular weight is 486 g/mol. The van der Waals surface area contributed by atoms with Crippen LogP contribution in [0.25, 0.3) is 0 Å². The maximum Gasteiger partial charge on any atom is 0.508 e. The molecule has 0 aromatic rings. The number of halogens is 14. The van der Waals surface area contributed by atoms with Gasteiger partial charge in [0, 0.05) is 6.92 Å². The summed E-state index contributed by atoms with van der Waals surface area (Å²) in [7, 11) is 0.391. The lowest BCUT2D eigenvalue weighted by Gasteiger charge is -2.39. The van der Waals surface area contributed by atoms with E-state index in [1.165, 1.54) is 0 Å². The highest BCUT2D eigenvalue weighted by Crippen LogP contribution is 2.54. The maximum absolute atomic E-state index is 13.8. The molecule has 0 saturated carbocycles. The second-order valence-corrected chi connectivity index (χ2v) is 5.19. The smallest absolute Gasteiger partial charge is 0.438 e. The van der Waals surface area contributed by atoms with E-state index >= 15 is 0 Å². The van der Waals surface area contributed by atoms with E-state index in [1.807, 2.05) is 4.74 Å². The summed E-state index contributed by atoms with van der Waals surface area (Å²) in [6.07, 6.45) is -30.7. The van der Waals surface area contributed by atoms with Crippen LogP contribution in [-0.2, 0) is 18.9 Å². The van der Waals surface area contributed by atoms with Crippen molar-refractivity contribution in [2.24, 2.45) is 0 Å². The SMILES string of the molecule is COC(=O)OCC(F)(OC(F)(F)C(F)(OC(F)(F)C(C)(F)F)C(F)(F)F)C(F)(F)F. The summed E-state index contributed by atoms with van der Waals surface area (Å²) in [5, 5.41) is 0. The first-order valence-corrected chi connectivity index (χ1v) is 6.63. The second-order valence-electron chi connectivity index (χ2n) is 5.19. The molecule has 30 heavy (non-hydrogen) atoms. The normalized spacial score (nSPS) is 18.4. The molecule has 180 valence electrons. The standard InChI is InChI=1S/C11H8F14O5/c1-5(12,13)10(22,23)30-7(15,9(19,20)21)11(24,25)29-6(14,8(16,17)18)3-28-4(26)27-2/h3H2,1-2H3. The highest BCUT2D eigenvalue weighted by molar-refractivity contribution is 5.59. The molecule has 0 aromatic carbocycles. The summed E-state index contributed by atoms with van der Waals surface area (Å²) in [5.74, 6) is -19.5. The Bertz CT molecular complexity index is 611. The molecule has 0 fully saturated rings. The van der Waals surface area contributed by atoms with Gasteiger partial charge in [0.25, 0.3) is 0 Å². The highest BCUT2D eigenvalue weighted by atomic mass is 19.4. The van der Waals surface area contributed by atoms with Crippen molar-refractivity contribution in [2.75, 3.05) is 13.7 Å². The monoisotopic (exact) mass is 486 g/mol. The minimum absolute atomic E-state index is 0.391. The Hall–Kier alpha value is -1.79. The molecule has 0 N–H and O–H groups in total. The number of hydrogen-bond donors (Lipinski definition) is 0. The van der Waals surface area contributed by atoms with Crippen molar-refractivity contribution in [3.05, 3.63) is 0 Å². The molecule has 0 saturated heterocycles. The summed E-state index contributed by atoms with van der Waals surface area (Å²) in [6, 6.07) is 0. The predicted octanol–water partition coefficient (Wildman–Crippen LogP) is 5.10. The summed E-state index contributed by atoms with van der Waals surface area (Å²) >= 11 is 0. The van der Waals surface area contributed by atoms with Crippen molar-refractivity contribution in [3.8, 4) is 0 Å². The van der Waals surface area contributed by atoms with E-state index in [2.05, 4.69) is 14.2 Å². The zero-order valence-electron chi connectivity index (χ0n) is 14.0. The third-order valence-corrected chi connectivity index (χ3v) is 2.77. The fourth-order valence-electron chi connectivity index (χ4n) is 1.20. The Morgan fingerprint density at radius 3 is 1.43 bits per heavy atom. The molecule has 0 rings (SSSR count). The van der Waals surface area contributed by atoms with E-state index in [4.69, 9.17) is 0 Å². The van der Waals surface area contributed by atoms with Gasteiger partial charge in [0.2, 0.25) is 0 Å². The Morgan fingerprint density at radius 1 is 0.700 bits per heavy atom. The third kappa shape index (κ3) is 5.67. The summed E-state index contributed by atoms with van der Waals surface area (Å²) < 4.78 is 192. The molecule has 0 aliphatic rings. The largest absolute Gasteiger partial charge is 0.508 e. The van der Waals surface area contributed by atoms with Gasteiger partial charge in [0.1, 0.15) is 0 Å². The summed E-state index contributed by atoms with van der Waals surface area (Å²) in [6.45, 7) is -3.99. The topological polar surface area (TPSA) is 54.0 Å². The molecule has 0 bridgehead atoms. The molecule has 0 aliphatic heterocycles. The zero-order valence-corrected chi connectivity index (χ0v) is 14.0. The van der Waals surface area contributed by atoms with Gasteiger partial charge in [0.05, 0.1) is 7.11 Å². The van der Waals surface area contributed by atoms with E-state index in [0.717, 1.165) is 0 Å². The van der Waals surface area contributed by atoms with Gasteiger partial charge in [-0.15, -0.1) is 0 Å². The molecule has 19 heteroatoms. The molecule has 2 unspecified atom stereocenters. The van der Waals surface area contributed by atoms with Crippen molar-refractivity contribution < 1.29 is 85.2 Å². The lowest BCUT2D eigenvalue weighted by atomic mass is 10.2. The van der Waals surface area contributed by atoms with Crippen molar-refractivity contribution in [2.45, 2.75) is 49.1 Å². The second kappa shape index (κ2) is 8.04. The lowest BCUT2D eigenvalue weighted by Crippen LogP contribution is -2.66. The summed E-state index contributed by atoms with van der Waals surface area (Å²) in [5.41, 5.74) is 0.